The summed E-state index contributed by atoms with van der Waals surface area (Å²) in [4.78, 5) is 37.1. The first-order chi connectivity index (χ1) is 10.00. The zero-order valence-electron chi connectivity index (χ0n) is 12.1. The second-order valence-corrected chi connectivity index (χ2v) is 6.80. The molecular formula is C15H22N2O4. The molecule has 3 rings (SSSR count). The van der Waals surface area contributed by atoms with Crippen LogP contribution in [0.15, 0.2) is 0 Å². The molecule has 0 bridgehead atoms. The Balaban J connectivity index is 1.49. The average molecular weight is 294 g/mol. The number of aliphatic carboxylic acids is 1. The third kappa shape index (κ3) is 2.89. The van der Waals surface area contributed by atoms with Crippen LogP contribution in [0.5, 0.6) is 0 Å². The smallest absolute Gasteiger partial charge is 0.311 e. The number of carboxylic acid groups (broad SMARTS) is 1. The second kappa shape index (κ2) is 5.31. The highest BCUT2D eigenvalue weighted by molar-refractivity contribution is 5.89. The van der Waals surface area contributed by atoms with Crippen molar-refractivity contribution in [3.63, 3.8) is 0 Å². The molecule has 6 heteroatoms. The molecule has 3 aliphatic rings. The van der Waals surface area contributed by atoms with Crippen molar-refractivity contribution in [2.45, 2.75) is 38.5 Å². The van der Waals surface area contributed by atoms with Crippen molar-refractivity contribution in [3.05, 3.63) is 0 Å². The van der Waals surface area contributed by atoms with E-state index in [1.165, 1.54) is 12.8 Å². The van der Waals surface area contributed by atoms with Crippen molar-refractivity contribution in [2.75, 3.05) is 19.6 Å². The van der Waals surface area contributed by atoms with Gasteiger partial charge in [0, 0.05) is 26.1 Å². The van der Waals surface area contributed by atoms with Gasteiger partial charge in [0.25, 0.3) is 0 Å². The van der Waals surface area contributed by atoms with Crippen LogP contribution < -0.4 is 5.32 Å². The Hall–Kier alpha value is -1.59. The van der Waals surface area contributed by atoms with Gasteiger partial charge in [-0.2, -0.15) is 0 Å². The van der Waals surface area contributed by atoms with Gasteiger partial charge in [0.05, 0.1) is 11.3 Å². The van der Waals surface area contributed by atoms with E-state index >= 15 is 0 Å². The maximum Gasteiger partial charge on any atom is 0.311 e. The second-order valence-electron chi connectivity index (χ2n) is 6.80. The van der Waals surface area contributed by atoms with Crippen LogP contribution in [0.1, 0.15) is 38.5 Å². The third-order valence-corrected chi connectivity index (χ3v) is 5.13. The van der Waals surface area contributed by atoms with Gasteiger partial charge >= 0.3 is 5.97 Å². The van der Waals surface area contributed by atoms with E-state index in [-0.39, 0.29) is 30.7 Å². The molecule has 2 amide bonds. The molecule has 1 unspecified atom stereocenters. The molecule has 0 aromatic rings. The van der Waals surface area contributed by atoms with Crippen LogP contribution in [0.3, 0.4) is 0 Å². The monoisotopic (exact) mass is 294 g/mol. The molecule has 1 heterocycles. The van der Waals surface area contributed by atoms with Crippen molar-refractivity contribution >= 4 is 17.8 Å². The fraction of sp³-hybridized carbons (Fsp3) is 0.800. The van der Waals surface area contributed by atoms with E-state index in [0.717, 1.165) is 13.0 Å². The summed E-state index contributed by atoms with van der Waals surface area (Å²) in [5.41, 5.74) is -0.772. The minimum Gasteiger partial charge on any atom is -0.481 e. The van der Waals surface area contributed by atoms with Gasteiger partial charge in [-0.3, -0.25) is 14.4 Å². The Bertz CT molecular complexity index is 468. The number of nitrogens with zero attached hydrogens (tertiary/aromatic N) is 1. The lowest BCUT2D eigenvalue weighted by Crippen LogP contribution is -2.48. The van der Waals surface area contributed by atoms with E-state index in [1.54, 1.807) is 4.90 Å². The maximum atomic E-state index is 12.2. The number of carboxylic acids is 1. The molecular weight excluding hydrogens is 272 g/mol. The summed E-state index contributed by atoms with van der Waals surface area (Å²) in [5.74, 6) is -0.636. The van der Waals surface area contributed by atoms with E-state index in [9.17, 15) is 19.5 Å². The summed E-state index contributed by atoms with van der Waals surface area (Å²) in [5, 5.41) is 12.0. The van der Waals surface area contributed by atoms with Gasteiger partial charge in [-0.15, -0.1) is 0 Å². The normalized spacial score (nSPS) is 27.3. The molecule has 0 spiro atoms. The highest BCUT2D eigenvalue weighted by atomic mass is 16.4. The number of hydrogen-bond donors (Lipinski definition) is 2. The van der Waals surface area contributed by atoms with Crippen LogP contribution >= 0.6 is 0 Å². The van der Waals surface area contributed by atoms with Gasteiger partial charge in [0.1, 0.15) is 0 Å². The van der Waals surface area contributed by atoms with Crippen LogP contribution in [-0.4, -0.2) is 47.4 Å². The molecule has 0 aromatic carbocycles. The predicted molar refractivity (Wildman–Crippen MR) is 74.3 cm³/mol. The Kier molecular flexibility index (Phi) is 3.63. The first kappa shape index (κ1) is 14.4. The van der Waals surface area contributed by atoms with Gasteiger partial charge in [0.15, 0.2) is 0 Å². The lowest BCUT2D eigenvalue weighted by molar-refractivity contribution is -0.154. The summed E-state index contributed by atoms with van der Waals surface area (Å²) in [6, 6.07) is 0. The molecule has 6 nitrogen and oxygen atoms in total. The van der Waals surface area contributed by atoms with Crippen LogP contribution in [0.4, 0.5) is 0 Å². The van der Waals surface area contributed by atoms with Gasteiger partial charge in [-0.05, 0) is 31.6 Å². The third-order valence-electron chi connectivity index (χ3n) is 5.13. The molecule has 2 aliphatic carbocycles. The number of hydrogen-bond acceptors (Lipinski definition) is 3. The number of rotatable bonds is 6. The minimum absolute atomic E-state index is 0.0543. The lowest BCUT2D eigenvalue weighted by atomic mass is 9.68. The predicted octanol–water partition coefficient (Wildman–Crippen LogP) is 0.616. The van der Waals surface area contributed by atoms with Crippen LogP contribution in [-0.2, 0) is 14.4 Å². The van der Waals surface area contributed by atoms with E-state index in [0.29, 0.717) is 25.3 Å². The zero-order chi connectivity index (χ0) is 15.0. The zero-order valence-corrected chi connectivity index (χ0v) is 12.1. The van der Waals surface area contributed by atoms with E-state index in [4.69, 9.17) is 0 Å². The molecule has 3 fully saturated rings. The highest BCUT2D eigenvalue weighted by Gasteiger charge is 2.45. The summed E-state index contributed by atoms with van der Waals surface area (Å²) in [6.07, 6.45) is 4.78. The Labute approximate surface area is 123 Å². The first-order valence-corrected chi connectivity index (χ1v) is 7.79. The van der Waals surface area contributed by atoms with Gasteiger partial charge < -0.3 is 15.3 Å². The molecule has 1 aliphatic heterocycles. The van der Waals surface area contributed by atoms with Crippen LogP contribution in [0.25, 0.3) is 0 Å². The summed E-state index contributed by atoms with van der Waals surface area (Å²) in [7, 11) is 0. The quantitative estimate of drug-likeness (QED) is 0.751. The fourth-order valence-electron chi connectivity index (χ4n) is 3.21. The lowest BCUT2D eigenvalue weighted by Gasteiger charge is -2.37. The van der Waals surface area contributed by atoms with Crippen molar-refractivity contribution < 1.29 is 19.5 Å². The van der Waals surface area contributed by atoms with E-state index in [1.807, 2.05) is 0 Å². The number of carbonyl (C=O) groups is 3. The minimum atomic E-state index is -0.827. The molecule has 0 aromatic heterocycles. The molecule has 2 N–H and O–H groups in total. The van der Waals surface area contributed by atoms with Gasteiger partial charge in [-0.25, -0.2) is 0 Å². The van der Waals surface area contributed by atoms with Crippen molar-refractivity contribution in [3.8, 4) is 0 Å². The molecule has 116 valence electrons. The summed E-state index contributed by atoms with van der Waals surface area (Å²) >= 11 is 0. The van der Waals surface area contributed by atoms with Crippen LogP contribution in [0, 0.1) is 17.3 Å². The summed E-state index contributed by atoms with van der Waals surface area (Å²) in [6.45, 7) is 1.46. The highest BCUT2D eigenvalue weighted by Crippen LogP contribution is 2.40. The van der Waals surface area contributed by atoms with Crippen molar-refractivity contribution in [1.82, 2.24) is 10.2 Å². The Morgan fingerprint density at radius 1 is 1.33 bits per heavy atom. The van der Waals surface area contributed by atoms with Gasteiger partial charge in [0.2, 0.25) is 11.8 Å². The molecule has 21 heavy (non-hydrogen) atoms. The van der Waals surface area contributed by atoms with E-state index < -0.39 is 11.4 Å². The largest absolute Gasteiger partial charge is 0.481 e. The van der Waals surface area contributed by atoms with E-state index in [2.05, 4.69) is 5.32 Å². The Morgan fingerprint density at radius 3 is 2.57 bits per heavy atom. The molecule has 2 saturated carbocycles. The molecule has 1 atom stereocenters. The number of likely N-dealkylation sites (tertiary alicyclic amines) is 1. The number of nitrogens with one attached hydrogen (secondary N) is 1. The SMILES string of the molecule is O=C(NCC1(C(=O)O)CCC1)C1CC(=O)N(CC2CC2)C1. The van der Waals surface area contributed by atoms with Crippen molar-refractivity contribution in [2.24, 2.45) is 17.3 Å². The molecule has 1 saturated heterocycles. The van der Waals surface area contributed by atoms with Crippen LogP contribution in [0.2, 0.25) is 0 Å². The topological polar surface area (TPSA) is 86.7 Å². The maximum absolute atomic E-state index is 12.2. The van der Waals surface area contributed by atoms with Gasteiger partial charge in [-0.1, -0.05) is 6.42 Å². The summed E-state index contributed by atoms with van der Waals surface area (Å²) < 4.78 is 0. The molecule has 0 radical (unpaired) electrons. The van der Waals surface area contributed by atoms with Crippen molar-refractivity contribution in [1.29, 1.82) is 0 Å². The standard InChI is InChI=1S/C15H22N2O4/c18-12-6-11(8-17(12)7-10-2-3-10)13(19)16-9-15(14(20)21)4-1-5-15/h10-11H,1-9H2,(H,16,19)(H,20,21). The Morgan fingerprint density at radius 2 is 2.05 bits per heavy atom. The fourth-order valence-corrected chi connectivity index (χ4v) is 3.21. The number of carbonyl (C=O) groups excluding carboxylic acids is 2. The first-order valence-electron chi connectivity index (χ1n) is 7.79. The number of amides is 2. The average Bonchev–Trinajstić information content (AvgIpc) is 3.11.